The fourth-order valence-electron chi connectivity index (χ4n) is 3.64. The zero-order chi connectivity index (χ0) is 17.5. The molecule has 5 heteroatoms. The van der Waals surface area contributed by atoms with Crippen LogP contribution in [-0.2, 0) is 4.74 Å². The third kappa shape index (κ3) is 4.98. The maximum atomic E-state index is 5.36. The number of rotatable bonds is 5. The van der Waals surface area contributed by atoms with Crippen LogP contribution in [0, 0.1) is 0 Å². The number of anilines is 1. The van der Waals surface area contributed by atoms with Crippen molar-refractivity contribution in [1.82, 2.24) is 10.6 Å². The zero-order valence-electron chi connectivity index (χ0n) is 15.4. The van der Waals surface area contributed by atoms with E-state index in [1.807, 2.05) is 7.05 Å². The lowest BCUT2D eigenvalue weighted by molar-refractivity contribution is 0.153. The van der Waals surface area contributed by atoms with E-state index in [9.17, 15) is 0 Å². The average Bonchev–Trinajstić information content (AvgIpc) is 3.02. The summed E-state index contributed by atoms with van der Waals surface area (Å²) in [7, 11) is 1.84. The van der Waals surface area contributed by atoms with Gasteiger partial charge in [0.1, 0.15) is 0 Å². The molecule has 1 fully saturated rings. The molecule has 0 aromatic heterocycles. The molecule has 2 atom stereocenters. The van der Waals surface area contributed by atoms with E-state index in [4.69, 9.17) is 4.74 Å². The standard InChI is InChI=1S/C20H30N4O/c1-16-14-18(15-24(16)19-6-4-3-5-7-19)23-20(21-2)22-11-8-17-9-12-25-13-10-17/h3-7,9,16,18H,8,10-15H2,1-2H3,(H2,21,22,23)/t16-,18+/m1/s1. The van der Waals surface area contributed by atoms with E-state index >= 15 is 0 Å². The summed E-state index contributed by atoms with van der Waals surface area (Å²) < 4.78 is 5.36. The van der Waals surface area contributed by atoms with Gasteiger partial charge in [0.2, 0.25) is 0 Å². The molecule has 25 heavy (non-hydrogen) atoms. The second-order valence-corrected chi connectivity index (χ2v) is 6.85. The van der Waals surface area contributed by atoms with Gasteiger partial charge < -0.3 is 20.3 Å². The highest BCUT2D eigenvalue weighted by atomic mass is 16.5. The van der Waals surface area contributed by atoms with Crippen LogP contribution in [0.5, 0.6) is 0 Å². The molecule has 5 nitrogen and oxygen atoms in total. The van der Waals surface area contributed by atoms with Crippen molar-refractivity contribution >= 4 is 11.6 Å². The van der Waals surface area contributed by atoms with Crippen LogP contribution >= 0.6 is 0 Å². The molecule has 2 aliphatic heterocycles. The fraction of sp³-hybridized carbons (Fsp3) is 0.550. The largest absolute Gasteiger partial charge is 0.377 e. The summed E-state index contributed by atoms with van der Waals surface area (Å²) in [4.78, 5) is 6.86. The number of benzene rings is 1. The van der Waals surface area contributed by atoms with Crippen molar-refractivity contribution in [3.8, 4) is 0 Å². The number of hydrogen-bond donors (Lipinski definition) is 2. The topological polar surface area (TPSA) is 48.9 Å². The lowest BCUT2D eigenvalue weighted by atomic mass is 10.1. The van der Waals surface area contributed by atoms with Crippen LogP contribution < -0.4 is 15.5 Å². The van der Waals surface area contributed by atoms with Crippen molar-refractivity contribution in [2.24, 2.45) is 4.99 Å². The molecular formula is C20H30N4O. The summed E-state index contributed by atoms with van der Waals surface area (Å²) in [6.45, 7) is 5.83. The molecule has 0 radical (unpaired) electrons. The van der Waals surface area contributed by atoms with Gasteiger partial charge in [0.15, 0.2) is 5.96 Å². The molecule has 0 amide bonds. The van der Waals surface area contributed by atoms with Crippen LogP contribution in [0.2, 0.25) is 0 Å². The Morgan fingerprint density at radius 2 is 2.16 bits per heavy atom. The van der Waals surface area contributed by atoms with E-state index in [2.05, 4.69) is 63.9 Å². The van der Waals surface area contributed by atoms with Gasteiger partial charge in [0, 0.05) is 37.9 Å². The van der Waals surface area contributed by atoms with Gasteiger partial charge in [-0.1, -0.05) is 29.8 Å². The molecule has 0 saturated carbocycles. The monoisotopic (exact) mass is 342 g/mol. The molecule has 2 aliphatic rings. The van der Waals surface area contributed by atoms with E-state index in [-0.39, 0.29) is 0 Å². The number of hydrogen-bond acceptors (Lipinski definition) is 3. The average molecular weight is 342 g/mol. The smallest absolute Gasteiger partial charge is 0.191 e. The minimum Gasteiger partial charge on any atom is -0.377 e. The van der Waals surface area contributed by atoms with E-state index in [0.717, 1.165) is 51.5 Å². The van der Waals surface area contributed by atoms with Gasteiger partial charge in [-0.2, -0.15) is 0 Å². The van der Waals surface area contributed by atoms with E-state index in [1.165, 1.54) is 11.3 Å². The molecule has 1 aromatic rings. The first-order chi connectivity index (χ1) is 12.3. The van der Waals surface area contributed by atoms with Gasteiger partial charge in [-0.05, 0) is 38.3 Å². The molecule has 0 aliphatic carbocycles. The summed E-state index contributed by atoms with van der Waals surface area (Å²) in [6.07, 6.45) is 5.44. The lowest BCUT2D eigenvalue weighted by Gasteiger charge is -2.23. The lowest BCUT2D eigenvalue weighted by Crippen LogP contribution is -2.45. The highest BCUT2D eigenvalue weighted by molar-refractivity contribution is 5.80. The van der Waals surface area contributed by atoms with Crippen molar-refractivity contribution in [3.63, 3.8) is 0 Å². The molecule has 0 bridgehead atoms. The first-order valence-corrected chi connectivity index (χ1v) is 9.31. The molecule has 1 aromatic carbocycles. The number of ether oxygens (including phenoxy) is 1. The summed E-state index contributed by atoms with van der Waals surface area (Å²) in [6, 6.07) is 11.6. The first kappa shape index (κ1) is 17.8. The quantitative estimate of drug-likeness (QED) is 0.490. The summed E-state index contributed by atoms with van der Waals surface area (Å²) in [5.41, 5.74) is 2.78. The van der Waals surface area contributed by atoms with Gasteiger partial charge in [-0.15, -0.1) is 0 Å². The third-order valence-electron chi connectivity index (χ3n) is 5.02. The number of para-hydroxylation sites is 1. The summed E-state index contributed by atoms with van der Waals surface area (Å²) in [5, 5.41) is 7.04. The number of nitrogens with zero attached hydrogens (tertiary/aromatic N) is 2. The Morgan fingerprint density at radius 1 is 1.32 bits per heavy atom. The molecular weight excluding hydrogens is 312 g/mol. The minimum atomic E-state index is 0.420. The number of guanidine groups is 1. The van der Waals surface area contributed by atoms with Gasteiger partial charge in [0.05, 0.1) is 13.2 Å². The molecule has 1 saturated heterocycles. The van der Waals surface area contributed by atoms with E-state index in [0.29, 0.717) is 12.1 Å². The van der Waals surface area contributed by atoms with Crippen LogP contribution in [0.25, 0.3) is 0 Å². The van der Waals surface area contributed by atoms with Crippen molar-refractivity contribution < 1.29 is 4.74 Å². The maximum Gasteiger partial charge on any atom is 0.191 e. The van der Waals surface area contributed by atoms with Gasteiger partial charge in [-0.3, -0.25) is 4.99 Å². The molecule has 136 valence electrons. The van der Waals surface area contributed by atoms with Crippen molar-refractivity contribution in [2.75, 3.05) is 38.3 Å². The molecule has 2 heterocycles. The normalized spacial score (nSPS) is 24.2. The summed E-state index contributed by atoms with van der Waals surface area (Å²) in [5.74, 6) is 0.903. The van der Waals surface area contributed by atoms with Crippen LogP contribution in [0.4, 0.5) is 5.69 Å². The van der Waals surface area contributed by atoms with Gasteiger partial charge in [0.25, 0.3) is 0 Å². The summed E-state index contributed by atoms with van der Waals surface area (Å²) >= 11 is 0. The zero-order valence-corrected chi connectivity index (χ0v) is 15.4. The number of nitrogens with one attached hydrogen (secondary N) is 2. The SMILES string of the molecule is CN=C(NCCC1=CCOCC1)N[C@H]1C[C@@H](C)N(c2ccccc2)C1. The first-order valence-electron chi connectivity index (χ1n) is 9.31. The minimum absolute atomic E-state index is 0.420. The van der Waals surface area contributed by atoms with Crippen molar-refractivity contribution in [2.45, 2.75) is 38.3 Å². The number of aliphatic imine (C=N–C) groups is 1. The Labute approximate surface area is 151 Å². The highest BCUT2D eigenvalue weighted by Crippen LogP contribution is 2.25. The molecule has 0 spiro atoms. The Kier molecular flexibility index (Phi) is 6.34. The Hall–Kier alpha value is -2.01. The second-order valence-electron chi connectivity index (χ2n) is 6.85. The molecule has 3 rings (SSSR count). The fourth-order valence-corrected chi connectivity index (χ4v) is 3.64. The van der Waals surface area contributed by atoms with Crippen LogP contribution in [0.15, 0.2) is 47.0 Å². The van der Waals surface area contributed by atoms with E-state index in [1.54, 1.807) is 0 Å². The predicted molar refractivity (Wildman–Crippen MR) is 104 cm³/mol. The van der Waals surface area contributed by atoms with Crippen molar-refractivity contribution in [1.29, 1.82) is 0 Å². The second kappa shape index (κ2) is 8.90. The van der Waals surface area contributed by atoms with Gasteiger partial charge in [-0.25, -0.2) is 0 Å². The molecule has 2 N–H and O–H groups in total. The van der Waals surface area contributed by atoms with Crippen LogP contribution in [0.3, 0.4) is 0 Å². The predicted octanol–water partition coefficient (Wildman–Crippen LogP) is 2.56. The van der Waals surface area contributed by atoms with Crippen molar-refractivity contribution in [3.05, 3.63) is 42.0 Å². The maximum absolute atomic E-state index is 5.36. The van der Waals surface area contributed by atoms with Crippen LogP contribution in [0.1, 0.15) is 26.2 Å². The Bertz CT molecular complexity index is 599. The third-order valence-corrected chi connectivity index (χ3v) is 5.02. The highest BCUT2D eigenvalue weighted by Gasteiger charge is 2.29. The molecule has 0 unspecified atom stereocenters. The van der Waals surface area contributed by atoms with Gasteiger partial charge >= 0.3 is 0 Å². The Balaban J connectivity index is 1.46. The van der Waals surface area contributed by atoms with Crippen LogP contribution in [-0.4, -0.2) is 51.4 Å². The Morgan fingerprint density at radius 3 is 2.88 bits per heavy atom. The van der Waals surface area contributed by atoms with E-state index < -0.39 is 0 Å².